The molecule has 1 unspecified atom stereocenters. The molecule has 2 rings (SSSR count). The largest absolute Gasteiger partial charge is 0.481 e. The van der Waals surface area contributed by atoms with Crippen LogP contribution >= 0.6 is 0 Å². The number of hydrogen-bond donors (Lipinski definition) is 1. The summed E-state index contributed by atoms with van der Waals surface area (Å²) in [5.74, 6) is -1.07. The number of carboxylic acids is 1. The molecule has 108 valence electrons. The Kier molecular flexibility index (Phi) is 4.42. The van der Waals surface area contributed by atoms with Gasteiger partial charge in [0.1, 0.15) is 0 Å². The van der Waals surface area contributed by atoms with Gasteiger partial charge in [-0.15, -0.1) is 0 Å². The van der Waals surface area contributed by atoms with Gasteiger partial charge in [-0.2, -0.15) is 0 Å². The van der Waals surface area contributed by atoms with Crippen LogP contribution in [0.15, 0.2) is 24.3 Å². The van der Waals surface area contributed by atoms with E-state index >= 15 is 0 Å². The van der Waals surface area contributed by atoms with E-state index < -0.39 is 5.97 Å². The Labute approximate surface area is 118 Å². The average Bonchev–Trinajstić information content (AvgIpc) is 2.45. The number of benzene rings is 1. The van der Waals surface area contributed by atoms with Crippen LogP contribution in [0.25, 0.3) is 0 Å². The van der Waals surface area contributed by atoms with Gasteiger partial charge in [0.05, 0.1) is 13.5 Å². The number of fused-ring (bicyclic) bond motifs is 1. The quantitative estimate of drug-likeness (QED) is 0.840. The highest BCUT2D eigenvalue weighted by Crippen LogP contribution is 2.42. The Hall–Kier alpha value is -1.84. The van der Waals surface area contributed by atoms with E-state index in [0.29, 0.717) is 12.8 Å². The van der Waals surface area contributed by atoms with E-state index in [1.165, 1.54) is 18.2 Å². The van der Waals surface area contributed by atoms with E-state index in [9.17, 15) is 9.59 Å². The number of carboxylic acid groups (broad SMARTS) is 1. The molecular weight excluding hydrogens is 256 g/mol. The van der Waals surface area contributed by atoms with E-state index in [4.69, 9.17) is 9.84 Å². The van der Waals surface area contributed by atoms with Crippen molar-refractivity contribution in [1.82, 2.24) is 0 Å². The molecule has 1 aromatic rings. The van der Waals surface area contributed by atoms with Crippen molar-refractivity contribution in [1.29, 1.82) is 0 Å². The van der Waals surface area contributed by atoms with E-state index in [0.717, 1.165) is 19.3 Å². The lowest BCUT2D eigenvalue weighted by atomic mass is 9.67. The summed E-state index contributed by atoms with van der Waals surface area (Å²) in [6.45, 7) is 0. The van der Waals surface area contributed by atoms with Gasteiger partial charge in [-0.25, -0.2) is 0 Å². The Morgan fingerprint density at radius 3 is 2.65 bits per heavy atom. The Balaban J connectivity index is 2.20. The summed E-state index contributed by atoms with van der Waals surface area (Å²) >= 11 is 0. The predicted molar refractivity (Wildman–Crippen MR) is 74.4 cm³/mol. The molecule has 0 bridgehead atoms. The van der Waals surface area contributed by atoms with Gasteiger partial charge in [0.25, 0.3) is 0 Å². The summed E-state index contributed by atoms with van der Waals surface area (Å²) in [4.78, 5) is 22.5. The number of aliphatic carboxylic acids is 1. The first-order valence-corrected chi connectivity index (χ1v) is 6.90. The zero-order valence-corrected chi connectivity index (χ0v) is 11.7. The zero-order valence-electron chi connectivity index (χ0n) is 11.7. The highest BCUT2D eigenvalue weighted by Gasteiger charge is 2.36. The van der Waals surface area contributed by atoms with Crippen LogP contribution in [-0.4, -0.2) is 24.2 Å². The number of aryl methyl sites for hydroxylation is 1. The minimum Gasteiger partial charge on any atom is -0.481 e. The van der Waals surface area contributed by atoms with Crippen molar-refractivity contribution in [3.05, 3.63) is 35.4 Å². The third-order valence-electron chi connectivity index (χ3n) is 4.22. The van der Waals surface area contributed by atoms with Crippen LogP contribution in [0.1, 0.15) is 36.8 Å². The maximum absolute atomic E-state index is 11.7. The van der Waals surface area contributed by atoms with Gasteiger partial charge >= 0.3 is 11.9 Å². The Morgan fingerprint density at radius 2 is 2.00 bits per heavy atom. The van der Waals surface area contributed by atoms with Crippen LogP contribution < -0.4 is 0 Å². The van der Waals surface area contributed by atoms with Crippen molar-refractivity contribution in [2.45, 2.75) is 38.5 Å². The molecule has 1 atom stereocenters. The summed E-state index contributed by atoms with van der Waals surface area (Å²) in [6, 6.07) is 8.18. The van der Waals surface area contributed by atoms with E-state index in [1.807, 2.05) is 12.1 Å². The van der Waals surface area contributed by atoms with Gasteiger partial charge in [0.2, 0.25) is 0 Å². The molecule has 0 radical (unpaired) electrons. The average molecular weight is 276 g/mol. The van der Waals surface area contributed by atoms with Crippen LogP contribution in [0.2, 0.25) is 0 Å². The summed E-state index contributed by atoms with van der Waals surface area (Å²) in [5.41, 5.74) is 2.26. The van der Waals surface area contributed by atoms with Crippen molar-refractivity contribution in [2.75, 3.05) is 7.11 Å². The fraction of sp³-hybridized carbons (Fsp3) is 0.500. The van der Waals surface area contributed by atoms with Crippen molar-refractivity contribution < 1.29 is 19.4 Å². The van der Waals surface area contributed by atoms with Crippen molar-refractivity contribution in [3.63, 3.8) is 0 Å². The summed E-state index contributed by atoms with van der Waals surface area (Å²) in [7, 11) is 1.38. The third-order valence-corrected chi connectivity index (χ3v) is 4.22. The fourth-order valence-electron chi connectivity index (χ4n) is 3.07. The smallest absolute Gasteiger partial charge is 0.306 e. The van der Waals surface area contributed by atoms with Crippen LogP contribution in [0, 0.1) is 5.41 Å². The molecule has 0 aliphatic heterocycles. The molecule has 1 aliphatic carbocycles. The highest BCUT2D eigenvalue weighted by molar-refractivity contribution is 5.71. The lowest BCUT2D eigenvalue weighted by molar-refractivity contribution is -0.145. The number of ether oxygens (including phenoxy) is 1. The monoisotopic (exact) mass is 276 g/mol. The first kappa shape index (κ1) is 14.6. The van der Waals surface area contributed by atoms with Crippen LogP contribution in [-0.2, 0) is 27.2 Å². The third kappa shape index (κ3) is 3.38. The second-order valence-electron chi connectivity index (χ2n) is 5.59. The molecule has 0 saturated heterocycles. The Morgan fingerprint density at radius 1 is 1.30 bits per heavy atom. The van der Waals surface area contributed by atoms with Crippen LogP contribution in [0.4, 0.5) is 0 Å². The first-order valence-electron chi connectivity index (χ1n) is 6.90. The molecule has 0 fully saturated rings. The summed E-state index contributed by atoms with van der Waals surface area (Å²) < 4.78 is 4.79. The first-order chi connectivity index (χ1) is 9.54. The number of rotatable bonds is 5. The van der Waals surface area contributed by atoms with Crippen LogP contribution in [0.3, 0.4) is 0 Å². The van der Waals surface area contributed by atoms with Gasteiger partial charge in [0.15, 0.2) is 0 Å². The second-order valence-corrected chi connectivity index (χ2v) is 5.59. The van der Waals surface area contributed by atoms with Crippen molar-refractivity contribution in [3.8, 4) is 0 Å². The van der Waals surface area contributed by atoms with Gasteiger partial charge in [-0.1, -0.05) is 24.3 Å². The van der Waals surface area contributed by atoms with Crippen molar-refractivity contribution >= 4 is 11.9 Å². The number of carbonyl (C=O) groups excluding carboxylic acids is 1. The highest BCUT2D eigenvalue weighted by atomic mass is 16.5. The Bertz CT molecular complexity index is 509. The SMILES string of the molecule is COC(=O)CC1(CCC(=O)O)CCc2ccccc2C1. The van der Waals surface area contributed by atoms with E-state index in [2.05, 4.69) is 12.1 Å². The normalized spacial score (nSPS) is 21.1. The minimum absolute atomic E-state index is 0.0964. The molecule has 1 N–H and O–H groups in total. The maximum atomic E-state index is 11.7. The molecule has 20 heavy (non-hydrogen) atoms. The number of methoxy groups -OCH3 is 1. The second kappa shape index (κ2) is 6.07. The molecule has 1 aliphatic rings. The lowest BCUT2D eigenvalue weighted by Crippen LogP contribution is -2.32. The van der Waals surface area contributed by atoms with Gasteiger partial charge in [-0.3, -0.25) is 9.59 Å². The molecule has 0 spiro atoms. The van der Waals surface area contributed by atoms with Crippen LogP contribution in [0.5, 0.6) is 0 Å². The number of carbonyl (C=O) groups is 2. The molecule has 4 nitrogen and oxygen atoms in total. The van der Waals surface area contributed by atoms with Gasteiger partial charge in [-0.05, 0) is 42.2 Å². The van der Waals surface area contributed by atoms with E-state index in [1.54, 1.807) is 0 Å². The zero-order chi connectivity index (χ0) is 14.6. The molecule has 0 saturated carbocycles. The van der Waals surface area contributed by atoms with Crippen molar-refractivity contribution in [2.24, 2.45) is 5.41 Å². The molecule has 0 heterocycles. The molecule has 1 aromatic carbocycles. The van der Waals surface area contributed by atoms with Gasteiger partial charge < -0.3 is 9.84 Å². The standard InChI is InChI=1S/C16H20O4/c1-20-15(19)11-16(9-7-14(17)18)8-6-12-4-2-3-5-13(12)10-16/h2-5H,6-11H2,1H3,(H,17,18). The number of hydrogen-bond acceptors (Lipinski definition) is 3. The topological polar surface area (TPSA) is 63.6 Å². The minimum atomic E-state index is -0.812. The van der Waals surface area contributed by atoms with E-state index in [-0.39, 0.29) is 17.8 Å². The fourth-order valence-corrected chi connectivity index (χ4v) is 3.07. The molecule has 0 aromatic heterocycles. The van der Waals surface area contributed by atoms with Gasteiger partial charge in [0, 0.05) is 6.42 Å². The molecule has 4 heteroatoms. The summed E-state index contributed by atoms with van der Waals surface area (Å²) in [5, 5.41) is 8.93. The lowest BCUT2D eigenvalue weighted by Gasteiger charge is -2.37. The molecular formula is C16H20O4. The summed E-state index contributed by atoms with van der Waals surface area (Å²) in [6.07, 6.45) is 3.40. The maximum Gasteiger partial charge on any atom is 0.306 e. The number of esters is 1. The predicted octanol–water partition coefficient (Wildman–Crippen LogP) is 2.59. The molecule has 0 amide bonds.